The van der Waals surface area contributed by atoms with Crippen LogP contribution in [0.4, 0.5) is 0 Å². The van der Waals surface area contributed by atoms with E-state index in [1.54, 1.807) is 18.2 Å². The molecule has 19 heavy (non-hydrogen) atoms. The fourth-order valence-corrected chi connectivity index (χ4v) is 1.36. The molecule has 0 saturated heterocycles. The number of benzene rings is 1. The predicted octanol–water partition coefficient (Wildman–Crippen LogP) is 1.96. The summed E-state index contributed by atoms with van der Waals surface area (Å²) in [6, 6.07) is 6.82. The molecule has 1 aromatic heterocycles. The molecular formula is C13H9N3O3. The van der Waals surface area contributed by atoms with Gasteiger partial charge in [0.15, 0.2) is 6.29 Å². The Bertz CT molecular complexity index is 633. The van der Waals surface area contributed by atoms with E-state index in [0.29, 0.717) is 28.9 Å². The highest BCUT2D eigenvalue weighted by Gasteiger charge is 2.05. The maximum Gasteiger partial charge on any atom is 0.321 e. The van der Waals surface area contributed by atoms with E-state index in [9.17, 15) is 4.79 Å². The number of rotatable bonds is 4. The first-order valence-corrected chi connectivity index (χ1v) is 5.29. The summed E-state index contributed by atoms with van der Waals surface area (Å²) >= 11 is 0. The van der Waals surface area contributed by atoms with Gasteiger partial charge >= 0.3 is 6.01 Å². The van der Waals surface area contributed by atoms with Gasteiger partial charge in [-0.15, -0.1) is 0 Å². The Morgan fingerprint density at radius 2 is 1.89 bits per heavy atom. The first kappa shape index (κ1) is 12.5. The molecule has 6 heteroatoms. The lowest BCUT2D eigenvalue weighted by Crippen LogP contribution is -1.94. The summed E-state index contributed by atoms with van der Waals surface area (Å²) in [5.41, 5.74) is 0.759. The molecule has 94 valence electrons. The van der Waals surface area contributed by atoms with Crippen molar-refractivity contribution in [1.29, 1.82) is 5.26 Å². The molecule has 0 aliphatic carbocycles. The number of aromatic nitrogens is 2. The molecule has 0 aliphatic rings. The summed E-state index contributed by atoms with van der Waals surface area (Å²) in [5, 5.41) is 8.89. The first-order chi connectivity index (χ1) is 9.25. The molecule has 0 N–H and O–H groups in total. The van der Waals surface area contributed by atoms with Gasteiger partial charge in [0.05, 0.1) is 24.3 Å². The zero-order valence-electron chi connectivity index (χ0n) is 10.0. The van der Waals surface area contributed by atoms with Crippen LogP contribution in [0.25, 0.3) is 0 Å². The van der Waals surface area contributed by atoms with Gasteiger partial charge < -0.3 is 9.47 Å². The Morgan fingerprint density at radius 3 is 2.47 bits per heavy atom. The zero-order valence-corrected chi connectivity index (χ0v) is 10.0. The number of hydrogen-bond donors (Lipinski definition) is 0. The van der Waals surface area contributed by atoms with Crippen molar-refractivity contribution in [1.82, 2.24) is 9.97 Å². The molecule has 0 atom stereocenters. The Hall–Kier alpha value is -2.94. The van der Waals surface area contributed by atoms with Crippen LogP contribution in [-0.4, -0.2) is 23.4 Å². The number of methoxy groups -OCH3 is 1. The molecule has 6 nitrogen and oxygen atoms in total. The number of aldehydes is 1. The van der Waals surface area contributed by atoms with Gasteiger partial charge in [0, 0.05) is 18.5 Å². The van der Waals surface area contributed by atoms with Crippen molar-refractivity contribution in [3.05, 3.63) is 41.7 Å². The van der Waals surface area contributed by atoms with Gasteiger partial charge in [-0.1, -0.05) is 0 Å². The highest BCUT2D eigenvalue weighted by Crippen LogP contribution is 2.25. The van der Waals surface area contributed by atoms with Crippen LogP contribution in [0, 0.1) is 11.3 Å². The second-order valence-electron chi connectivity index (χ2n) is 3.53. The first-order valence-electron chi connectivity index (χ1n) is 5.29. The second-order valence-corrected chi connectivity index (χ2v) is 3.53. The van der Waals surface area contributed by atoms with E-state index in [0.717, 1.165) is 0 Å². The Labute approximate surface area is 109 Å². The van der Waals surface area contributed by atoms with E-state index in [1.165, 1.54) is 19.5 Å². The van der Waals surface area contributed by atoms with Gasteiger partial charge in [0.2, 0.25) is 0 Å². The van der Waals surface area contributed by atoms with Gasteiger partial charge in [-0.2, -0.15) is 5.26 Å². The average Bonchev–Trinajstić information content (AvgIpc) is 2.47. The Balaban J connectivity index is 2.26. The minimum atomic E-state index is 0.0859. The largest absolute Gasteiger partial charge is 0.497 e. The molecule has 0 saturated carbocycles. The van der Waals surface area contributed by atoms with E-state index in [1.807, 2.05) is 6.07 Å². The average molecular weight is 255 g/mol. The molecular weight excluding hydrogens is 246 g/mol. The third-order valence-electron chi connectivity index (χ3n) is 2.24. The lowest BCUT2D eigenvalue weighted by molar-refractivity contribution is 0.112. The lowest BCUT2D eigenvalue weighted by atomic mass is 10.2. The van der Waals surface area contributed by atoms with E-state index in [-0.39, 0.29) is 6.01 Å². The number of ether oxygens (including phenoxy) is 2. The number of carbonyl (C=O) groups is 1. The monoisotopic (exact) mass is 255 g/mol. The third kappa shape index (κ3) is 3.04. The fourth-order valence-electron chi connectivity index (χ4n) is 1.36. The smallest absolute Gasteiger partial charge is 0.321 e. The highest BCUT2D eigenvalue weighted by molar-refractivity contribution is 5.73. The number of hydrogen-bond acceptors (Lipinski definition) is 6. The molecule has 0 bridgehead atoms. The summed E-state index contributed by atoms with van der Waals surface area (Å²) in [4.78, 5) is 18.2. The topological polar surface area (TPSA) is 85.1 Å². The SMILES string of the molecule is COc1cc(C#N)cc(Oc2ncc(C=O)cn2)c1. The van der Waals surface area contributed by atoms with Gasteiger partial charge in [0.1, 0.15) is 11.5 Å². The maximum absolute atomic E-state index is 10.5. The van der Waals surface area contributed by atoms with E-state index < -0.39 is 0 Å². The van der Waals surface area contributed by atoms with Gasteiger partial charge in [-0.3, -0.25) is 4.79 Å². The summed E-state index contributed by atoms with van der Waals surface area (Å²) in [5.74, 6) is 0.883. The minimum absolute atomic E-state index is 0.0859. The van der Waals surface area contributed by atoms with Crippen molar-refractivity contribution < 1.29 is 14.3 Å². The molecule has 1 heterocycles. The molecule has 1 aromatic carbocycles. The van der Waals surface area contributed by atoms with Crippen LogP contribution < -0.4 is 9.47 Å². The Kier molecular flexibility index (Phi) is 3.69. The summed E-state index contributed by atoms with van der Waals surface area (Å²) in [6.45, 7) is 0. The molecule has 0 amide bonds. The van der Waals surface area contributed by atoms with Gasteiger partial charge in [-0.05, 0) is 12.1 Å². The second kappa shape index (κ2) is 5.60. The molecule has 0 aliphatic heterocycles. The number of carbonyl (C=O) groups excluding carboxylic acids is 1. The highest BCUT2D eigenvalue weighted by atomic mass is 16.5. The van der Waals surface area contributed by atoms with Crippen molar-refractivity contribution in [2.75, 3.05) is 7.11 Å². The van der Waals surface area contributed by atoms with Gasteiger partial charge in [-0.25, -0.2) is 9.97 Å². The quantitative estimate of drug-likeness (QED) is 0.776. The van der Waals surface area contributed by atoms with Crippen LogP contribution in [0.2, 0.25) is 0 Å². The summed E-state index contributed by atoms with van der Waals surface area (Å²) in [7, 11) is 1.50. The molecule has 0 unspecified atom stereocenters. The van der Waals surface area contributed by atoms with Gasteiger partial charge in [0.25, 0.3) is 0 Å². The Morgan fingerprint density at radius 1 is 1.21 bits per heavy atom. The molecule has 2 rings (SSSR count). The zero-order chi connectivity index (χ0) is 13.7. The van der Waals surface area contributed by atoms with Crippen LogP contribution in [0.15, 0.2) is 30.6 Å². The number of nitrogens with zero attached hydrogens (tertiary/aromatic N) is 3. The minimum Gasteiger partial charge on any atom is -0.497 e. The molecule has 0 fully saturated rings. The van der Waals surface area contributed by atoms with Crippen molar-refractivity contribution in [2.45, 2.75) is 0 Å². The van der Waals surface area contributed by atoms with E-state index >= 15 is 0 Å². The maximum atomic E-state index is 10.5. The fraction of sp³-hybridized carbons (Fsp3) is 0.0769. The standard InChI is InChI=1S/C13H9N3O3/c1-18-11-2-9(5-14)3-12(4-11)19-13-15-6-10(8-17)7-16-13/h2-4,6-8H,1H3. The predicted molar refractivity (Wildman–Crippen MR) is 65.2 cm³/mol. The third-order valence-corrected chi connectivity index (χ3v) is 2.24. The number of nitriles is 1. The molecule has 0 spiro atoms. The van der Waals surface area contributed by atoms with Crippen LogP contribution in [-0.2, 0) is 0 Å². The molecule has 0 radical (unpaired) electrons. The van der Waals surface area contributed by atoms with Crippen LogP contribution in [0.3, 0.4) is 0 Å². The van der Waals surface area contributed by atoms with Crippen molar-refractivity contribution in [2.24, 2.45) is 0 Å². The van der Waals surface area contributed by atoms with Crippen LogP contribution >= 0.6 is 0 Å². The van der Waals surface area contributed by atoms with Crippen molar-refractivity contribution in [3.8, 4) is 23.6 Å². The van der Waals surface area contributed by atoms with Crippen LogP contribution in [0.5, 0.6) is 17.5 Å². The molecule has 2 aromatic rings. The summed E-state index contributed by atoms with van der Waals surface area (Å²) < 4.78 is 10.4. The van der Waals surface area contributed by atoms with Crippen LogP contribution in [0.1, 0.15) is 15.9 Å². The van der Waals surface area contributed by atoms with E-state index in [2.05, 4.69) is 9.97 Å². The summed E-state index contributed by atoms with van der Waals surface area (Å²) in [6.07, 6.45) is 3.34. The van der Waals surface area contributed by atoms with Crippen molar-refractivity contribution in [3.63, 3.8) is 0 Å². The lowest BCUT2D eigenvalue weighted by Gasteiger charge is -2.06. The van der Waals surface area contributed by atoms with Crippen molar-refractivity contribution >= 4 is 6.29 Å². The normalized spacial score (nSPS) is 9.47. The van der Waals surface area contributed by atoms with E-state index in [4.69, 9.17) is 14.7 Å².